The highest BCUT2D eigenvalue weighted by Crippen LogP contribution is 2.28. The van der Waals surface area contributed by atoms with Gasteiger partial charge in [0.2, 0.25) is 10.0 Å². The highest BCUT2D eigenvalue weighted by atomic mass is 79.9. The lowest BCUT2D eigenvalue weighted by molar-refractivity contribution is 0.452. The maximum absolute atomic E-state index is 12.9. The summed E-state index contributed by atoms with van der Waals surface area (Å²) in [6.07, 6.45) is 0. The van der Waals surface area contributed by atoms with Gasteiger partial charge >= 0.3 is 0 Å². The van der Waals surface area contributed by atoms with Gasteiger partial charge in [-0.05, 0) is 44.2 Å². The fourth-order valence-corrected chi connectivity index (χ4v) is 4.53. The van der Waals surface area contributed by atoms with Crippen molar-refractivity contribution in [3.8, 4) is 0 Å². The molecule has 0 radical (unpaired) electrons. The van der Waals surface area contributed by atoms with E-state index < -0.39 is 10.0 Å². The van der Waals surface area contributed by atoms with E-state index in [2.05, 4.69) is 27.8 Å². The number of sulfonamides is 1. The predicted molar refractivity (Wildman–Crippen MR) is 90.9 cm³/mol. The third kappa shape index (κ3) is 4.39. The number of hydrogen-bond acceptors (Lipinski definition) is 3. The van der Waals surface area contributed by atoms with Gasteiger partial charge in [-0.3, -0.25) is 0 Å². The Hall–Kier alpha value is -0.690. The summed E-state index contributed by atoms with van der Waals surface area (Å²) in [5, 5.41) is 3.04. The van der Waals surface area contributed by atoms with Crippen LogP contribution in [0.25, 0.3) is 0 Å². The number of rotatable bonds is 7. The Bertz CT molecular complexity index is 627. The fourth-order valence-electron chi connectivity index (χ4n) is 2.09. The SMILES string of the molecule is C=C(C)CN(CC)S(=O)(=O)c1cc(CNC)cc(Br)c1C. The van der Waals surface area contributed by atoms with E-state index in [1.165, 1.54) is 4.31 Å². The van der Waals surface area contributed by atoms with Crippen LogP contribution in [0.15, 0.2) is 33.7 Å². The second-order valence-electron chi connectivity index (χ2n) is 5.12. The molecule has 0 saturated carbocycles. The molecule has 0 aliphatic heterocycles. The molecule has 1 aromatic rings. The van der Waals surface area contributed by atoms with E-state index in [9.17, 15) is 8.42 Å². The first-order valence-electron chi connectivity index (χ1n) is 6.82. The smallest absolute Gasteiger partial charge is 0.243 e. The fraction of sp³-hybridized carbons (Fsp3) is 0.467. The summed E-state index contributed by atoms with van der Waals surface area (Å²) in [7, 11) is -1.69. The number of nitrogens with one attached hydrogen (secondary N) is 1. The summed E-state index contributed by atoms with van der Waals surface area (Å²) >= 11 is 3.45. The Morgan fingerprint density at radius 3 is 2.52 bits per heavy atom. The Morgan fingerprint density at radius 2 is 2.05 bits per heavy atom. The Balaban J connectivity index is 3.38. The molecular weight excluding hydrogens is 352 g/mol. The minimum absolute atomic E-state index is 0.339. The van der Waals surface area contributed by atoms with Crippen LogP contribution in [0.4, 0.5) is 0 Å². The molecule has 0 saturated heterocycles. The average Bonchev–Trinajstić information content (AvgIpc) is 2.39. The van der Waals surface area contributed by atoms with Gasteiger partial charge in [0.25, 0.3) is 0 Å². The van der Waals surface area contributed by atoms with Crippen molar-refractivity contribution in [2.24, 2.45) is 0 Å². The van der Waals surface area contributed by atoms with E-state index in [4.69, 9.17) is 0 Å². The zero-order valence-corrected chi connectivity index (χ0v) is 15.4. The van der Waals surface area contributed by atoms with Crippen molar-refractivity contribution in [2.45, 2.75) is 32.2 Å². The van der Waals surface area contributed by atoms with Crippen molar-refractivity contribution >= 4 is 26.0 Å². The summed E-state index contributed by atoms with van der Waals surface area (Å²) in [6.45, 7) is 10.7. The van der Waals surface area contributed by atoms with Crippen molar-refractivity contribution < 1.29 is 8.42 Å². The van der Waals surface area contributed by atoms with Crippen LogP contribution in [0.2, 0.25) is 0 Å². The van der Waals surface area contributed by atoms with Gasteiger partial charge in [-0.15, -0.1) is 0 Å². The molecule has 6 heteroatoms. The van der Waals surface area contributed by atoms with Crippen LogP contribution < -0.4 is 5.32 Å². The molecule has 0 aromatic heterocycles. The molecule has 1 N–H and O–H groups in total. The molecule has 118 valence electrons. The first kappa shape index (κ1) is 18.4. The van der Waals surface area contributed by atoms with Gasteiger partial charge < -0.3 is 5.32 Å². The summed E-state index contributed by atoms with van der Waals surface area (Å²) in [6, 6.07) is 3.69. The molecule has 4 nitrogen and oxygen atoms in total. The molecule has 0 heterocycles. The normalized spacial score (nSPS) is 11.9. The monoisotopic (exact) mass is 374 g/mol. The van der Waals surface area contributed by atoms with Gasteiger partial charge in [0.1, 0.15) is 0 Å². The van der Waals surface area contributed by atoms with E-state index in [1.54, 1.807) is 6.07 Å². The molecule has 0 unspecified atom stereocenters. The van der Waals surface area contributed by atoms with Crippen LogP contribution in [-0.4, -0.2) is 32.9 Å². The standard InChI is InChI=1S/C15H23BrN2O2S/c1-6-18(10-11(2)3)21(19,20)15-8-13(9-17-5)7-14(16)12(15)4/h7-8,17H,2,6,9-10H2,1,3-5H3. The van der Waals surface area contributed by atoms with E-state index in [0.717, 1.165) is 21.2 Å². The van der Waals surface area contributed by atoms with Crippen molar-refractivity contribution in [1.29, 1.82) is 0 Å². The molecule has 0 spiro atoms. The molecular formula is C15H23BrN2O2S. The molecule has 0 aliphatic carbocycles. The lowest BCUT2D eigenvalue weighted by atomic mass is 10.1. The predicted octanol–water partition coefficient (Wildman–Crippen LogP) is 3.06. The topological polar surface area (TPSA) is 49.4 Å². The van der Waals surface area contributed by atoms with E-state index in [1.807, 2.05) is 33.9 Å². The van der Waals surface area contributed by atoms with Crippen LogP contribution in [0.1, 0.15) is 25.0 Å². The Labute approximate surface area is 136 Å². The number of hydrogen-bond donors (Lipinski definition) is 1. The molecule has 0 atom stereocenters. The van der Waals surface area contributed by atoms with E-state index >= 15 is 0 Å². The van der Waals surface area contributed by atoms with Crippen LogP contribution in [0.3, 0.4) is 0 Å². The lowest BCUT2D eigenvalue weighted by Gasteiger charge is -2.22. The average molecular weight is 375 g/mol. The van der Waals surface area contributed by atoms with Crippen molar-refractivity contribution in [1.82, 2.24) is 9.62 Å². The zero-order chi connectivity index (χ0) is 16.2. The van der Waals surface area contributed by atoms with Crippen molar-refractivity contribution in [3.63, 3.8) is 0 Å². The minimum atomic E-state index is -3.53. The number of benzene rings is 1. The lowest BCUT2D eigenvalue weighted by Crippen LogP contribution is -2.32. The maximum Gasteiger partial charge on any atom is 0.243 e. The molecule has 1 aromatic carbocycles. The first-order chi connectivity index (χ1) is 9.73. The third-order valence-electron chi connectivity index (χ3n) is 3.15. The van der Waals surface area contributed by atoms with Gasteiger partial charge in [-0.1, -0.05) is 35.0 Å². The second-order valence-corrected chi connectivity index (χ2v) is 7.88. The van der Waals surface area contributed by atoms with Gasteiger partial charge in [0.05, 0.1) is 4.90 Å². The summed E-state index contributed by atoms with van der Waals surface area (Å²) in [4.78, 5) is 0.352. The van der Waals surface area contributed by atoms with E-state index in [-0.39, 0.29) is 0 Å². The van der Waals surface area contributed by atoms with Crippen LogP contribution in [0.5, 0.6) is 0 Å². The first-order valence-corrected chi connectivity index (χ1v) is 9.05. The minimum Gasteiger partial charge on any atom is -0.316 e. The molecule has 21 heavy (non-hydrogen) atoms. The molecule has 0 aliphatic rings. The Kier molecular flexibility index (Phi) is 6.59. The third-order valence-corrected chi connectivity index (χ3v) is 6.02. The highest BCUT2D eigenvalue weighted by molar-refractivity contribution is 9.10. The Morgan fingerprint density at radius 1 is 1.43 bits per heavy atom. The van der Waals surface area contributed by atoms with Gasteiger partial charge in [-0.2, -0.15) is 4.31 Å². The molecule has 0 bridgehead atoms. The molecule has 0 amide bonds. The summed E-state index contributed by atoms with van der Waals surface area (Å²) in [5.74, 6) is 0. The van der Waals surface area contributed by atoms with E-state index in [0.29, 0.717) is 24.5 Å². The van der Waals surface area contributed by atoms with Gasteiger partial charge in [-0.25, -0.2) is 8.42 Å². The largest absolute Gasteiger partial charge is 0.316 e. The molecule has 0 fully saturated rings. The summed E-state index contributed by atoms with van der Waals surface area (Å²) < 4.78 is 28.0. The molecule has 1 rings (SSSR count). The van der Waals surface area contributed by atoms with Crippen LogP contribution in [-0.2, 0) is 16.6 Å². The second kappa shape index (κ2) is 7.54. The van der Waals surface area contributed by atoms with Crippen molar-refractivity contribution in [3.05, 3.63) is 39.9 Å². The van der Waals surface area contributed by atoms with Crippen molar-refractivity contribution in [2.75, 3.05) is 20.1 Å². The number of halogens is 1. The zero-order valence-electron chi connectivity index (χ0n) is 13.0. The number of nitrogens with zero attached hydrogens (tertiary/aromatic N) is 1. The van der Waals surface area contributed by atoms with Crippen LogP contribution in [0, 0.1) is 6.92 Å². The number of likely N-dealkylation sites (N-methyl/N-ethyl adjacent to an activating group) is 1. The maximum atomic E-state index is 12.9. The summed E-state index contributed by atoms with van der Waals surface area (Å²) in [5.41, 5.74) is 2.48. The van der Waals surface area contributed by atoms with Crippen LogP contribution >= 0.6 is 15.9 Å². The van der Waals surface area contributed by atoms with Gasteiger partial charge in [0.15, 0.2) is 0 Å². The van der Waals surface area contributed by atoms with Gasteiger partial charge in [0, 0.05) is 24.1 Å². The highest BCUT2D eigenvalue weighted by Gasteiger charge is 2.26. The quantitative estimate of drug-likeness (QED) is 0.746.